The van der Waals surface area contributed by atoms with E-state index in [2.05, 4.69) is 29.0 Å². The van der Waals surface area contributed by atoms with E-state index in [0.717, 1.165) is 61.3 Å². The van der Waals surface area contributed by atoms with E-state index in [0.29, 0.717) is 0 Å². The number of carbonyl (C=O) groups is 1. The van der Waals surface area contributed by atoms with Crippen molar-refractivity contribution in [2.24, 2.45) is 0 Å². The number of allylic oxidation sites excluding steroid dienone is 1. The molecule has 1 aliphatic carbocycles. The number of anilines is 1. The summed E-state index contributed by atoms with van der Waals surface area (Å²) in [6.07, 6.45) is 3.49. The minimum Gasteiger partial charge on any atom is -0.369 e. The average Bonchev–Trinajstić information content (AvgIpc) is 2.66. The van der Waals surface area contributed by atoms with Crippen molar-refractivity contribution in [3.8, 4) is 0 Å². The number of rotatable bonds is 2. The minimum absolute atomic E-state index is 0. The summed E-state index contributed by atoms with van der Waals surface area (Å²) in [7, 11) is 2.15. The molecule has 0 spiro atoms. The minimum atomic E-state index is -0.260. The third-order valence-electron chi connectivity index (χ3n) is 5.37. The number of hydrogen-bond acceptors (Lipinski definition) is 3. The third kappa shape index (κ3) is 4.23. The predicted octanol–water partition coefficient (Wildman–Crippen LogP) is 4.21. The number of hydrogen-bond donors (Lipinski definition) is 0. The predicted molar refractivity (Wildman–Crippen MR) is 110 cm³/mol. The number of nitrogens with zero attached hydrogens (tertiary/aromatic N) is 2. The van der Waals surface area contributed by atoms with Gasteiger partial charge in [-0.25, -0.2) is 4.39 Å². The molecule has 0 radical (unpaired) electrons. The lowest BCUT2D eigenvalue weighted by molar-refractivity contribution is 0.102. The number of benzene rings is 2. The van der Waals surface area contributed by atoms with Gasteiger partial charge in [-0.05, 0) is 67.4 Å². The Morgan fingerprint density at radius 1 is 0.963 bits per heavy atom. The molecule has 0 saturated carbocycles. The van der Waals surface area contributed by atoms with Crippen molar-refractivity contribution in [2.45, 2.75) is 12.8 Å². The topological polar surface area (TPSA) is 23.6 Å². The number of aryl methyl sites for hydroxylation is 1. The molecule has 1 aliphatic heterocycles. The molecule has 0 unspecified atom stereocenters. The molecule has 1 fully saturated rings. The molecule has 0 atom stereocenters. The lowest BCUT2D eigenvalue weighted by Gasteiger charge is -2.34. The van der Waals surface area contributed by atoms with E-state index in [1.807, 2.05) is 12.1 Å². The summed E-state index contributed by atoms with van der Waals surface area (Å²) in [5, 5.41) is 0. The number of piperazine rings is 1. The molecular formula is C22H24ClFN2O. The van der Waals surface area contributed by atoms with E-state index >= 15 is 0 Å². The van der Waals surface area contributed by atoms with Crippen molar-refractivity contribution in [3.63, 3.8) is 0 Å². The highest BCUT2D eigenvalue weighted by atomic mass is 35.5. The van der Waals surface area contributed by atoms with Gasteiger partial charge in [0, 0.05) is 43.0 Å². The van der Waals surface area contributed by atoms with E-state index in [-0.39, 0.29) is 24.0 Å². The number of Topliss-reactive ketones (excluding diaryl/α,β-unsaturated/α-hetero) is 1. The second-order valence-corrected chi connectivity index (χ2v) is 7.18. The van der Waals surface area contributed by atoms with Gasteiger partial charge in [0.2, 0.25) is 0 Å². The Morgan fingerprint density at radius 2 is 1.67 bits per heavy atom. The molecule has 142 valence electrons. The molecule has 2 aliphatic rings. The van der Waals surface area contributed by atoms with Crippen molar-refractivity contribution in [3.05, 3.63) is 70.5 Å². The zero-order valence-electron chi connectivity index (χ0n) is 15.5. The highest BCUT2D eigenvalue weighted by Gasteiger charge is 2.23. The molecular weight excluding hydrogens is 363 g/mol. The summed E-state index contributed by atoms with van der Waals surface area (Å²) < 4.78 is 13.1. The summed E-state index contributed by atoms with van der Waals surface area (Å²) in [5.74, 6) is -0.163. The summed E-state index contributed by atoms with van der Waals surface area (Å²) >= 11 is 0. The van der Waals surface area contributed by atoms with Gasteiger partial charge in [-0.3, -0.25) is 4.79 Å². The van der Waals surface area contributed by atoms with Crippen LogP contribution in [0.25, 0.3) is 6.08 Å². The molecule has 1 heterocycles. The van der Waals surface area contributed by atoms with Crippen LogP contribution in [0.1, 0.15) is 27.9 Å². The molecule has 1 saturated heterocycles. The first kappa shape index (κ1) is 19.6. The molecule has 3 nitrogen and oxygen atoms in total. The maximum atomic E-state index is 13.1. The smallest absolute Gasteiger partial charge is 0.189 e. The molecule has 0 N–H and O–H groups in total. The molecule has 5 heteroatoms. The fourth-order valence-electron chi connectivity index (χ4n) is 3.72. The zero-order chi connectivity index (χ0) is 18.1. The van der Waals surface area contributed by atoms with E-state index in [1.165, 1.54) is 17.8 Å². The Hall–Kier alpha value is -2.17. The van der Waals surface area contributed by atoms with Crippen LogP contribution < -0.4 is 4.90 Å². The van der Waals surface area contributed by atoms with Crippen molar-refractivity contribution in [1.29, 1.82) is 0 Å². The highest BCUT2D eigenvalue weighted by molar-refractivity contribution is 6.13. The van der Waals surface area contributed by atoms with Gasteiger partial charge in [0.15, 0.2) is 5.78 Å². The third-order valence-corrected chi connectivity index (χ3v) is 5.37. The van der Waals surface area contributed by atoms with Crippen molar-refractivity contribution < 1.29 is 9.18 Å². The molecule has 2 aromatic rings. The van der Waals surface area contributed by atoms with E-state index in [4.69, 9.17) is 0 Å². The summed E-state index contributed by atoms with van der Waals surface area (Å²) in [6, 6.07) is 12.5. The normalized spacial score (nSPS) is 19.0. The van der Waals surface area contributed by atoms with Crippen LogP contribution in [0.4, 0.5) is 10.1 Å². The lowest BCUT2D eigenvalue weighted by Crippen LogP contribution is -2.44. The van der Waals surface area contributed by atoms with Gasteiger partial charge in [0.1, 0.15) is 5.82 Å². The Labute approximate surface area is 165 Å². The average molecular weight is 387 g/mol. The number of ketones is 1. The van der Waals surface area contributed by atoms with Crippen LogP contribution in [0, 0.1) is 5.82 Å². The quantitative estimate of drug-likeness (QED) is 0.722. The van der Waals surface area contributed by atoms with E-state index < -0.39 is 0 Å². The Morgan fingerprint density at radius 3 is 2.37 bits per heavy atom. The van der Waals surface area contributed by atoms with Crippen LogP contribution in [0.2, 0.25) is 0 Å². The molecule has 4 rings (SSSR count). The van der Waals surface area contributed by atoms with E-state index in [9.17, 15) is 9.18 Å². The molecule has 0 aromatic heterocycles. The highest BCUT2D eigenvalue weighted by Crippen LogP contribution is 2.30. The first-order valence-electron chi connectivity index (χ1n) is 9.17. The second kappa shape index (κ2) is 8.24. The van der Waals surface area contributed by atoms with Gasteiger partial charge >= 0.3 is 0 Å². The molecule has 0 amide bonds. The number of halogens is 2. The monoisotopic (exact) mass is 386 g/mol. The van der Waals surface area contributed by atoms with Gasteiger partial charge in [-0.2, -0.15) is 0 Å². The maximum Gasteiger partial charge on any atom is 0.189 e. The standard InChI is InChI=1S/C22H23FN2O.ClH/c1-24-10-12-25(13-11-24)20-8-9-21-17(15-20)4-5-18(22(21)26)14-16-2-6-19(23)7-3-16;/h2-3,6-9,14-15H,4-5,10-13H2,1H3;1H/b18-14+;. The van der Waals surface area contributed by atoms with Crippen molar-refractivity contribution in [2.75, 3.05) is 38.1 Å². The summed E-state index contributed by atoms with van der Waals surface area (Å²) in [5.41, 5.74) is 4.84. The first-order valence-corrected chi connectivity index (χ1v) is 9.17. The first-order chi connectivity index (χ1) is 12.6. The van der Waals surface area contributed by atoms with Crippen LogP contribution in [0.15, 0.2) is 48.0 Å². The van der Waals surface area contributed by atoms with E-state index in [1.54, 1.807) is 12.1 Å². The van der Waals surface area contributed by atoms with Gasteiger partial charge in [0.05, 0.1) is 0 Å². The second-order valence-electron chi connectivity index (χ2n) is 7.18. The van der Waals surface area contributed by atoms with Crippen LogP contribution in [-0.2, 0) is 6.42 Å². The summed E-state index contributed by atoms with van der Waals surface area (Å²) in [6.45, 7) is 4.19. The Balaban J connectivity index is 0.00000210. The number of fused-ring (bicyclic) bond motifs is 1. The number of likely N-dealkylation sites (N-methyl/N-ethyl adjacent to an activating group) is 1. The Kier molecular flexibility index (Phi) is 5.98. The molecule has 2 aromatic carbocycles. The van der Waals surface area contributed by atoms with Gasteiger partial charge in [-0.1, -0.05) is 12.1 Å². The zero-order valence-corrected chi connectivity index (χ0v) is 16.3. The van der Waals surface area contributed by atoms with Gasteiger partial charge in [-0.15, -0.1) is 12.4 Å². The van der Waals surface area contributed by atoms with Crippen molar-refractivity contribution in [1.82, 2.24) is 4.90 Å². The fraction of sp³-hybridized carbons (Fsp3) is 0.318. The maximum absolute atomic E-state index is 13.1. The lowest BCUT2D eigenvalue weighted by atomic mass is 9.85. The van der Waals surface area contributed by atoms with Crippen molar-refractivity contribution >= 4 is 30.0 Å². The van der Waals surface area contributed by atoms with Crippen LogP contribution in [0.5, 0.6) is 0 Å². The largest absolute Gasteiger partial charge is 0.369 e. The molecule has 0 bridgehead atoms. The van der Waals surface area contributed by atoms with Gasteiger partial charge < -0.3 is 9.80 Å². The fourth-order valence-corrected chi connectivity index (χ4v) is 3.72. The van der Waals surface area contributed by atoms with Crippen LogP contribution in [0.3, 0.4) is 0 Å². The van der Waals surface area contributed by atoms with Gasteiger partial charge in [0.25, 0.3) is 0 Å². The Bertz CT molecular complexity index is 855. The van der Waals surface area contributed by atoms with Crippen LogP contribution in [-0.4, -0.2) is 43.9 Å². The SMILES string of the molecule is CN1CCN(c2ccc3c(c2)CC/C(=C\c2ccc(F)cc2)C3=O)CC1.Cl. The summed E-state index contributed by atoms with van der Waals surface area (Å²) in [4.78, 5) is 17.6. The van der Waals surface area contributed by atoms with Crippen LogP contribution >= 0.6 is 12.4 Å². The number of carbonyl (C=O) groups excluding carboxylic acids is 1. The molecule has 27 heavy (non-hydrogen) atoms.